The quantitative estimate of drug-likeness (QED) is 0.843. The molecule has 0 unspecified atom stereocenters. The number of carbonyl (C=O) groups excluding carboxylic acids is 2. The molecule has 1 N–H and O–H groups in total. The van der Waals surface area contributed by atoms with Crippen LogP contribution in [0.3, 0.4) is 0 Å². The highest BCUT2D eigenvalue weighted by Gasteiger charge is 2.19. The molecule has 2 amide bonds. The fraction of sp³-hybridized carbons (Fsp3) is 0.263. The summed E-state index contributed by atoms with van der Waals surface area (Å²) < 4.78 is 14.4. The van der Waals surface area contributed by atoms with Gasteiger partial charge in [0, 0.05) is 29.7 Å². The van der Waals surface area contributed by atoms with Crippen LogP contribution < -0.4 is 5.32 Å². The number of hydrogen-bond acceptors (Lipinski definition) is 2. The van der Waals surface area contributed by atoms with E-state index in [9.17, 15) is 14.0 Å². The Bertz CT molecular complexity index is 804. The Morgan fingerprint density at radius 2 is 1.88 bits per heavy atom. The Morgan fingerprint density at radius 3 is 2.64 bits per heavy atom. The second-order valence-electron chi connectivity index (χ2n) is 6.01. The molecule has 1 heterocycles. The Kier molecular flexibility index (Phi) is 5.48. The van der Waals surface area contributed by atoms with Gasteiger partial charge in [0.15, 0.2) is 0 Å². The second-order valence-corrected chi connectivity index (χ2v) is 6.92. The molecule has 0 spiro atoms. The predicted molar refractivity (Wildman–Crippen MR) is 96.8 cm³/mol. The van der Waals surface area contributed by atoms with Crippen molar-refractivity contribution >= 4 is 27.7 Å². The lowest BCUT2D eigenvalue weighted by Crippen LogP contribution is -2.28. The molecular formula is C19H18BrFN2O2. The number of likely N-dealkylation sites (tertiary alicyclic amines) is 1. The van der Waals surface area contributed by atoms with Gasteiger partial charge in [0.25, 0.3) is 11.8 Å². The summed E-state index contributed by atoms with van der Waals surface area (Å²) in [7, 11) is 0. The van der Waals surface area contributed by atoms with E-state index in [-0.39, 0.29) is 18.0 Å². The number of halogens is 2. The van der Waals surface area contributed by atoms with Gasteiger partial charge in [0.05, 0.1) is 5.56 Å². The number of nitrogens with zero attached hydrogens (tertiary/aromatic N) is 1. The van der Waals surface area contributed by atoms with Gasteiger partial charge in [-0.25, -0.2) is 4.39 Å². The Labute approximate surface area is 154 Å². The molecule has 25 heavy (non-hydrogen) atoms. The molecule has 0 saturated carbocycles. The average Bonchev–Trinajstić information content (AvgIpc) is 3.16. The molecule has 4 nitrogen and oxygen atoms in total. The third-order valence-electron chi connectivity index (χ3n) is 4.19. The van der Waals surface area contributed by atoms with Gasteiger partial charge < -0.3 is 10.2 Å². The van der Waals surface area contributed by atoms with Gasteiger partial charge in [0.1, 0.15) is 5.82 Å². The van der Waals surface area contributed by atoms with Crippen LogP contribution in [0.15, 0.2) is 46.9 Å². The maximum atomic E-state index is 13.8. The van der Waals surface area contributed by atoms with Crippen LogP contribution in [0.5, 0.6) is 0 Å². The van der Waals surface area contributed by atoms with Gasteiger partial charge in [-0.05, 0) is 48.7 Å². The number of carbonyl (C=O) groups is 2. The zero-order valence-corrected chi connectivity index (χ0v) is 15.2. The summed E-state index contributed by atoms with van der Waals surface area (Å²) in [5.74, 6) is -1.04. The average molecular weight is 405 g/mol. The van der Waals surface area contributed by atoms with Crippen molar-refractivity contribution in [3.05, 3.63) is 69.4 Å². The molecule has 0 aliphatic carbocycles. The maximum absolute atomic E-state index is 13.8. The van der Waals surface area contributed by atoms with Crippen LogP contribution in [0.1, 0.15) is 39.1 Å². The summed E-state index contributed by atoms with van der Waals surface area (Å²) in [4.78, 5) is 26.4. The summed E-state index contributed by atoms with van der Waals surface area (Å²) >= 11 is 3.23. The molecule has 6 heteroatoms. The molecule has 0 bridgehead atoms. The third kappa shape index (κ3) is 4.25. The van der Waals surface area contributed by atoms with Crippen LogP contribution in [0.4, 0.5) is 4.39 Å². The summed E-state index contributed by atoms with van der Waals surface area (Å²) in [6.45, 7) is 1.82. The molecule has 1 aliphatic rings. The first-order chi connectivity index (χ1) is 12.0. The number of benzene rings is 2. The molecule has 0 radical (unpaired) electrons. The van der Waals surface area contributed by atoms with Crippen molar-refractivity contribution in [2.45, 2.75) is 19.4 Å². The first kappa shape index (κ1) is 17.6. The van der Waals surface area contributed by atoms with Crippen LogP contribution in [-0.4, -0.2) is 29.8 Å². The Morgan fingerprint density at radius 1 is 1.12 bits per heavy atom. The van der Waals surface area contributed by atoms with Gasteiger partial charge >= 0.3 is 0 Å². The molecule has 0 atom stereocenters. The Balaban J connectivity index is 1.67. The van der Waals surface area contributed by atoms with Crippen LogP contribution in [0.2, 0.25) is 0 Å². The van der Waals surface area contributed by atoms with Gasteiger partial charge in [0.2, 0.25) is 0 Å². The number of hydrogen-bond donors (Lipinski definition) is 1. The van der Waals surface area contributed by atoms with Crippen LogP contribution in [0, 0.1) is 5.82 Å². The highest BCUT2D eigenvalue weighted by atomic mass is 79.9. The lowest BCUT2D eigenvalue weighted by atomic mass is 10.1. The first-order valence-electron chi connectivity index (χ1n) is 8.16. The molecule has 3 rings (SSSR count). The van der Waals surface area contributed by atoms with Crippen molar-refractivity contribution in [1.29, 1.82) is 0 Å². The highest BCUT2D eigenvalue weighted by molar-refractivity contribution is 9.10. The van der Waals surface area contributed by atoms with Crippen molar-refractivity contribution in [1.82, 2.24) is 10.2 Å². The van der Waals surface area contributed by atoms with E-state index >= 15 is 0 Å². The first-order valence-corrected chi connectivity index (χ1v) is 8.95. The minimum absolute atomic E-state index is 0.0151. The monoisotopic (exact) mass is 404 g/mol. The van der Waals surface area contributed by atoms with Gasteiger partial charge in [-0.2, -0.15) is 0 Å². The van der Waals surface area contributed by atoms with Crippen molar-refractivity contribution in [2.24, 2.45) is 0 Å². The standard InChI is InChI=1S/C19H18BrFN2O2/c20-15-6-7-17(21)16(11-15)18(24)22-12-13-4-3-5-14(10-13)19(25)23-8-1-2-9-23/h3-7,10-11H,1-2,8-9,12H2,(H,22,24). The molecule has 1 saturated heterocycles. The maximum Gasteiger partial charge on any atom is 0.254 e. The van der Waals surface area contributed by atoms with Gasteiger partial charge in [-0.1, -0.05) is 28.1 Å². The topological polar surface area (TPSA) is 49.4 Å². The van der Waals surface area contributed by atoms with Crippen molar-refractivity contribution in [2.75, 3.05) is 13.1 Å². The van der Waals surface area contributed by atoms with E-state index in [0.29, 0.717) is 10.0 Å². The van der Waals surface area contributed by atoms with E-state index in [1.54, 1.807) is 24.3 Å². The Hall–Kier alpha value is -2.21. The molecule has 130 valence electrons. The summed E-state index contributed by atoms with van der Waals surface area (Å²) in [5.41, 5.74) is 1.40. The third-order valence-corrected chi connectivity index (χ3v) is 4.69. The molecule has 2 aromatic rings. The minimum atomic E-state index is -0.571. The van der Waals surface area contributed by atoms with Crippen molar-refractivity contribution < 1.29 is 14.0 Å². The van der Waals surface area contributed by atoms with E-state index < -0.39 is 11.7 Å². The van der Waals surface area contributed by atoms with Crippen LogP contribution >= 0.6 is 15.9 Å². The normalized spacial score (nSPS) is 13.8. The largest absolute Gasteiger partial charge is 0.348 e. The van der Waals surface area contributed by atoms with Crippen molar-refractivity contribution in [3.8, 4) is 0 Å². The minimum Gasteiger partial charge on any atom is -0.348 e. The zero-order chi connectivity index (χ0) is 17.8. The van der Waals surface area contributed by atoms with Crippen molar-refractivity contribution in [3.63, 3.8) is 0 Å². The lowest BCUT2D eigenvalue weighted by molar-refractivity contribution is 0.0792. The second kappa shape index (κ2) is 7.78. The summed E-state index contributed by atoms with van der Waals surface area (Å²) in [6, 6.07) is 11.4. The summed E-state index contributed by atoms with van der Waals surface area (Å²) in [5, 5.41) is 2.69. The molecule has 0 aromatic heterocycles. The van der Waals surface area contributed by atoms with E-state index in [4.69, 9.17) is 0 Å². The molecular weight excluding hydrogens is 387 g/mol. The fourth-order valence-electron chi connectivity index (χ4n) is 2.87. The predicted octanol–water partition coefficient (Wildman–Crippen LogP) is 3.75. The fourth-order valence-corrected chi connectivity index (χ4v) is 3.23. The lowest BCUT2D eigenvalue weighted by Gasteiger charge is -2.15. The number of amides is 2. The van der Waals surface area contributed by atoms with E-state index in [0.717, 1.165) is 31.5 Å². The molecule has 1 aliphatic heterocycles. The smallest absolute Gasteiger partial charge is 0.254 e. The molecule has 1 fully saturated rings. The van der Waals surface area contributed by atoms with E-state index in [1.165, 1.54) is 12.1 Å². The zero-order valence-electron chi connectivity index (χ0n) is 13.6. The summed E-state index contributed by atoms with van der Waals surface area (Å²) in [6.07, 6.45) is 2.08. The number of nitrogens with one attached hydrogen (secondary N) is 1. The van der Waals surface area contributed by atoms with Crippen LogP contribution in [-0.2, 0) is 6.54 Å². The van der Waals surface area contributed by atoms with E-state index in [2.05, 4.69) is 21.2 Å². The van der Waals surface area contributed by atoms with Crippen LogP contribution in [0.25, 0.3) is 0 Å². The molecule has 2 aromatic carbocycles. The highest BCUT2D eigenvalue weighted by Crippen LogP contribution is 2.16. The SMILES string of the molecule is O=C(NCc1cccc(C(=O)N2CCCC2)c1)c1cc(Br)ccc1F. The number of rotatable bonds is 4. The van der Waals surface area contributed by atoms with E-state index in [1.807, 2.05) is 11.0 Å². The van der Waals surface area contributed by atoms with Gasteiger partial charge in [-0.3, -0.25) is 9.59 Å². The van der Waals surface area contributed by atoms with Gasteiger partial charge in [-0.15, -0.1) is 0 Å².